The molecule has 0 aliphatic carbocycles. The van der Waals surface area contributed by atoms with E-state index in [-0.39, 0.29) is 17.8 Å². The molecule has 3 aliphatic rings. The highest BCUT2D eigenvalue weighted by Crippen LogP contribution is 2.26. The summed E-state index contributed by atoms with van der Waals surface area (Å²) in [5.41, 5.74) is 4.21. The van der Waals surface area contributed by atoms with Crippen LogP contribution in [0.2, 0.25) is 0 Å². The lowest BCUT2D eigenvalue weighted by Crippen LogP contribution is -2.28. The predicted octanol–water partition coefficient (Wildman–Crippen LogP) is 3.49. The number of carboxylic acid groups (broad SMARTS) is 3. The third kappa shape index (κ3) is 10.9. The molecule has 3 heterocycles. The van der Waals surface area contributed by atoms with Crippen molar-refractivity contribution < 1.29 is 29.7 Å². The predicted molar refractivity (Wildman–Crippen MR) is 188 cm³/mol. The van der Waals surface area contributed by atoms with Crippen molar-refractivity contribution >= 4 is 17.9 Å². The third-order valence-electron chi connectivity index (χ3n) is 10.7. The molecule has 10 nitrogen and oxygen atoms in total. The second kappa shape index (κ2) is 18.3. The molecule has 5 rings (SSSR count). The van der Waals surface area contributed by atoms with E-state index < -0.39 is 35.7 Å². The van der Waals surface area contributed by atoms with Crippen LogP contribution in [0.5, 0.6) is 0 Å². The fourth-order valence-corrected chi connectivity index (χ4v) is 7.86. The molecule has 264 valence electrons. The van der Waals surface area contributed by atoms with E-state index in [1.54, 1.807) is 0 Å². The lowest BCUT2D eigenvalue weighted by Gasteiger charge is -2.24. The quantitative estimate of drug-likeness (QED) is 0.138. The largest absolute Gasteiger partial charge is 0.481 e. The molecule has 0 unspecified atom stereocenters. The van der Waals surface area contributed by atoms with Crippen LogP contribution >= 0.6 is 0 Å². The molecule has 6 N–H and O–H groups in total. The first kappa shape index (κ1) is 36.5. The van der Waals surface area contributed by atoms with E-state index in [1.807, 2.05) is 24.3 Å². The minimum absolute atomic E-state index is 0.110. The molecular formula is C39H52N4O6. The number of aliphatic carboxylic acids is 3. The number of rotatable bonds is 17. The molecule has 0 bridgehead atoms. The Morgan fingerprint density at radius 2 is 1.08 bits per heavy atom. The van der Waals surface area contributed by atoms with E-state index in [1.165, 1.54) is 0 Å². The average molecular weight is 673 g/mol. The topological polar surface area (TPSA) is 151 Å². The van der Waals surface area contributed by atoms with E-state index in [0.717, 1.165) is 80.8 Å². The van der Waals surface area contributed by atoms with Gasteiger partial charge in [0.05, 0.1) is 17.8 Å². The van der Waals surface area contributed by atoms with Gasteiger partial charge in [0.25, 0.3) is 0 Å². The van der Waals surface area contributed by atoms with Crippen molar-refractivity contribution in [2.24, 2.45) is 35.5 Å². The minimum Gasteiger partial charge on any atom is -0.481 e. The Hall–Kier alpha value is -3.75. The minimum atomic E-state index is -0.784. The maximum absolute atomic E-state index is 12.2. The van der Waals surface area contributed by atoms with Gasteiger partial charge in [0.15, 0.2) is 0 Å². The van der Waals surface area contributed by atoms with Crippen LogP contribution in [0.3, 0.4) is 0 Å². The van der Waals surface area contributed by atoms with E-state index >= 15 is 0 Å². The van der Waals surface area contributed by atoms with Gasteiger partial charge in [0, 0.05) is 32.5 Å². The summed E-state index contributed by atoms with van der Waals surface area (Å²) >= 11 is 0. The summed E-state index contributed by atoms with van der Waals surface area (Å²) in [6.45, 7) is 6.71. The van der Waals surface area contributed by atoms with Gasteiger partial charge in [-0.2, -0.15) is 0 Å². The maximum Gasteiger partial charge on any atom is 0.307 e. The van der Waals surface area contributed by atoms with Gasteiger partial charge in [-0.25, -0.2) is 0 Å². The van der Waals surface area contributed by atoms with Crippen LogP contribution in [-0.2, 0) is 40.3 Å². The number of benzene rings is 2. The molecule has 2 aromatic rings. The zero-order valence-corrected chi connectivity index (χ0v) is 28.4. The molecular weight excluding hydrogens is 620 g/mol. The molecule has 0 aromatic heterocycles. The number of carbonyl (C=O) groups is 3. The molecule has 3 aliphatic heterocycles. The van der Waals surface area contributed by atoms with Crippen molar-refractivity contribution in [2.45, 2.75) is 58.0 Å². The van der Waals surface area contributed by atoms with Crippen LogP contribution in [0.25, 0.3) is 0 Å². The fourth-order valence-electron chi connectivity index (χ4n) is 7.86. The summed E-state index contributed by atoms with van der Waals surface area (Å²) in [4.78, 5) is 38.6. The van der Waals surface area contributed by atoms with Crippen LogP contribution in [0.4, 0.5) is 0 Å². The number of carboxylic acids is 3. The highest BCUT2D eigenvalue weighted by molar-refractivity contribution is 5.72. The Balaban J connectivity index is 1.28. The third-order valence-corrected chi connectivity index (χ3v) is 10.7. The second-order valence-corrected chi connectivity index (χ2v) is 14.2. The zero-order chi connectivity index (χ0) is 34.6. The van der Waals surface area contributed by atoms with Gasteiger partial charge in [-0.3, -0.25) is 19.3 Å². The van der Waals surface area contributed by atoms with Gasteiger partial charge in [-0.15, -0.1) is 11.8 Å². The monoisotopic (exact) mass is 672 g/mol. The van der Waals surface area contributed by atoms with Gasteiger partial charge in [0.2, 0.25) is 0 Å². The summed E-state index contributed by atoms with van der Waals surface area (Å²) in [6.07, 6.45) is 4.52. The van der Waals surface area contributed by atoms with Crippen LogP contribution in [-0.4, -0.2) is 83.9 Å². The molecule has 10 heteroatoms. The van der Waals surface area contributed by atoms with Crippen molar-refractivity contribution in [3.05, 3.63) is 70.8 Å². The summed E-state index contributed by atoms with van der Waals surface area (Å²) in [5.74, 6) is 3.16. The smallest absolute Gasteiger partial charge is 0.307 e. The van der Waals surface area contributed by atoms with Gasteiger partial charge < -0.3 is 31.3 Å². The highest BCUT2D eigenvalue weighted by atomic mass is 16.4. The highest BCUT2D eigenvalue weighted by Gasteiger charge is 2.32. The molecule has 0 spiro atoms. The van der Waals surface area contributed by atoms with Crippen molar-refractivity contribution in [2.75, 3.05) is 45.8 Å². The van der Waals surface area contributed by atoms with Crippen molar-refractivity contribution in [1.82, 2.24) is 20.9 Å². The zero-order valence-electron chi connectivity index (χ0n) is 28.4. The average Bonchev–Trinajstić information content (AvgIpc) is 3.89. The van der Waals surface area contributed by atoms with Crippen molar-refractivity contribution in [3.63, 3.8) is 0 Å². The van der Waals surface area contributed by atoms with Gasteiger partial charge in [-0.1, -0.05) is 48.5 Å². The Morgan fingerprint density at radius 1 is 0.653 bits per heavy atom. The number of nitrogens with zero attached hydrogens (tertiary/aromatic N) is 1. The Bertz CT molecular complexity index is 1390. The van der Waals surface area contributed by atoms with Crippen molar-refractivity contribution in [1.29, 1.82) is 0 Å². The molecule has 2 aromatic carbocycles. The normalized spacial score (nSPS) is 22.3. The van der Waals surface area contributed by atoms with Crippen molar-refractivity contribution in [3.8, 4) is 11.8 Å². The first-order valence-electron chi connectivity index (χ1n) is 17.9. The lowest BCUT2D eigenvalue weighted by molar-refractivity contribution is -0.144. The first-order valence-corrected chi connectivity index (χ1v) is 17.9. The van der Waals surface area contributed by atoms with Crippen LogP contribution in [0, 0.1) is 47.3 Å². The van der Waals surface area contributed by atoms with E-state index in [2.05, 4.69) is 57.0 Å². The van der Waals surface area contributed by atoms with Gasteiger partial charge >= 0.3 is 17.9 Å². The summed E-state index contributed by atoms with van der Waals surface area (Å²) in [6, 6.07) is 16.4. The number of hydrogen-bond donors (Lipinski definition) is 6. The van der Waals surface area contributed by atoms with E-state index in [0.29, 0.717) is 45.3 Å². The lowest BCUT2D eigenvalue weighted by atomic mass is 9.86. The Morgan fingerprint density at radius 3 is 1.49 bits per heavy atom. The maximum atomic E-state index is 12.2. The molecule has 6 atom stereocenters. The van der Waals surface area contributed by atoms with Crippen LogP contribution < -0.4 is 16.0 Å². The number of hydrogen-bond acceptors (Lipinski definition) is 7. The SMILES string of the molecule is O=C(O)[C@@H](CC#CCCN(Cc1cccc(C[C@H](C(=O)O)[C@H]2CCNC2)c1)Cc1cccc(C[C@H](C(=O)O)[C@H]2CCNC2)c1)[C@H]1CCNC1. The van der Waals surface area contributed by atoms with Gasteiger partial charge in [0.1, 0.15) is 0 Å². The first-order chi connectivity index (χ1) is 23.8. The second-order valence-electron chi connectivity index (χ2n) is 14.2. The molecule has 0 radical (unpaired) electrons. The summed E-state index contributed by atoms with van der Waals surface area (Å²) in [5, 5.41) is 39.6. The standard InChI is InChI=1S/C39H52N4O6/c44-37(45)34(31-11-14-40-22-31)10-2-1-3-17-43(25-29-8-4-6-27(18-29)20-35(38(46)47)32-12-15-41-23-32)26-30-9-5-7-28(19-30)21-36(39(48)49)33-13-16-42-24-33/h4-9,18-19,31-36,40-42H,3,10-17,20-26H2,(H,44,45)(H,46,47)(H,48,49)/t31-,32-,33-,34-,35-,36-/m0/s1. The van der Waals surface area contributed by atoms with Gasteiger partial charge in [-0.05, 0) is 111 Å². The fraction of sp³-hybridized carbons (Fsp3) is 0.564. The summed E-state index contributed by atoms with van der Waals surface area (Å²) in [7, 11) is 0. The van der Waals surface area contributed by atoms with Crippen LogP contribution in [0.15, 0.2) is 48.5 Å². The van der Waals surface area contributed by atoms with E-state index in [9.17, 15) is 29.7 Å². The molecule has 0 saturated carbocycles. The Kier molecular flexibility index (Phi) is 13.6. The van der Waals surface area contributed by atoms with E-state index in [4.69, 9.17) is 0 Å². The number of nitrogens with one attached hydrogen (secondary N) is 3. The summed E-state index contributed by atoms with van der Waals surface area (Å²) < 4.78 is 0. The molecule has 3 fully saturated rings. The molecule has 0 amide bonds. The Labute approximate surface area is 290 Å². The van der Waals surface area contributed by atoms with Crippen LogP contribution in [0.1, 0.15) is 54.4 Å². The molecule has 3 saturated heterocycles. The molecule has 49 heavy (non-hydrogen) atoms.